The molecule has 1 aromatic rings. The van der Waals surface area contributed by atoms with Gasteiger partial charge >= 0.3 is 0 Å². The first-order valence-electron chi connectivity index (χ1n) is 6.77. The van der Waals surface area contributed by atoms with Gasteiger partial charge in [0.05, 0.1) is 4.90 Å². The number of nitrogens with two attached hydrogens (primary N) is 1. The predicted octanol–water partition coefficient (Wildman–Crippen LogP) is 1.37. The Bertz CT molecular complexity index is 563. The average Bonchev–Trinajstić information content (AvgIpc) is 2.33. The second-order valence-electron chi connectivity index (χ2n) is 5.80. The fraction of sp³-hybridized carbons (Fsp3) is 0.571. The number of nitrogen functional groups attached to an aromatic ring is 1. The van der Waals surface area contributed by atoms with Crippen molar-refractivity contribution in [1.29, 1.82) is 0 Å². The molecule has 1 aromatic carbocycles. The third-order valence-corrected chi connectivity index (χ3v) is 6.16. The van der Waals surface area contributed by atoms with E-state index in [9.17, 15) is 8.42 Å². The van der Waals surface area contributed by atoms with Gasteiger partial charge < -0.3 is 10.6 Å². The minimum Gasteiger partial charge on any atom is -0.399 e. The molecule has 112 valence electrons. The zero-order chi connectivity index (χ0) is 15.0. The smallest absolute Gasteiger partial charge is 0.242 e. The highest BCUT2D eigenvalue weighted by molar-refractivity contribution is 7.89. The first kappa shape index (κ1) is 15.3. The number of benzene rings is 1. The molecule has 0 saturated heterocycles. The summed E-state index contributed by atoms with van der Waals surface area (Å²) in [7, 11) is 2.23. The van der Waals surface area contributed by atoms with Gasteiger partial charge in [-0.1, -0.05) is 0 Å². The molecule has 1 aliphatic rings. The highest BCUT2D eigenvalue weighted by Gasteiger charge is 2.42. The molecule has 0 atom stereocenters. The Kier molecular flexibility index (Phi) is 4.09. The van der Waals surface area contributed by atoms with Gasteiger partial charge in [0.1, 0.15) is 0 Å². The van der Waals surface area contributed by atoms with Gasteiger partial charge in [-0.3, -0.25) is 0 Å². The van der Waals surface area contributed by atoms with Gasteiger partial charge in [0.15, 0.2) is 0 Å². The number of hydrogen-bond donors (Lipinski definition) is 1. The summed E-state index contributed by atoms with van der Waals surface area (Å²) in [5.74, 6) is 0. The Hall–Kier alpha value is -1.11. The van der Waals surface area contributed by atoms with Gasteiger partial charge in [-0.2, -0.15) is 4.31 Å². The summed E-state index contributed by atoms with van der Waals surface area (Å²) >= 11 is 0. The summed E-state index contributed by atoms with van der Waals surface area (Å²) in [5.41, 5.74) is 6.15. The number of sulfonamides is 1. The van der Waals surface area contributed by atoms with Crippen LogP contribution in [0.15, 0.2) is 29.2 Å². The monoisotopic (exact) mass is 297 g/mol. The maximum atomic E-state index is 12.6. The SMILES string of the molecule is CN(C)C1(CN(C)S(=O)(=O)c2ccc(N)cc2)CCC1. The van der Waals surface area contributed by atoms with Crippen LogP contribution in [0.5, 0.6) is 0 Å². The third-order valence-electron chi connectivity index (χ3n) is 4.34. The average molecular weight is 297 g/mol. The molecule has 0 aromatic heterocycles. The lowest BCUT2D eigenvalue weighted by molar-refractivity contribution is 0.0455. The molecule has 2 rings (SSSR count). The zero-order valence-electron chi connectivity index (χ0n) is 12.3. The molecule has 0 unspecified atom stereocenters. The van der Waals surface area contributed by atoms with Crippen molar-refractivity contribution in [2.75, 3.05) is 33.4 Å². The van der Waals surface area contributed by atoms with Crippen molar-refractivity contribution < 1.29 is 8.42 Å². The Morgan fingerprint density at radius 3 is 2.10 bits per heavy atom. The summed E-state index contributed by atoms with van der Waals surface area (Å²) < 4.78 is 26.6. The van der Waals surface area contributed by atoms with E-state index in [4.69, 9.17) is 5.73 Å². The zero-order valence-corrected chi connectivity index (χ0v) is 13.2. The number of likely N-dealkylation sites (N-methyl/N-ethyl adjacent to an activating group) is 2. The van der Waals surface area contributed by atoms with Gasteiger partial charge in [-0.15, -0.1) is 0 Å². The Morgan fingerprint density at radius 2 is 1.70 bits per heavy atom. The molecular formula is C14H23N3O2S. The Balaban J connectivity index is 2.19. The lowest BCUT2D eigenvalue weighted by Crippen LogP contribution is -2.57. The van der Waals surface area contributed by atoms with E-state index in [0.717, 1.165) is 19.3 Å². The van der Waals surface area contributed by atoms with Crippen LogP contribution in [0.4, 0.5) is 5.69 Å². The van der Waals surface area contributed by atoms with E-state index in [0.29, 0.717) is 17.1 Å². The van der Waals surface area contributed by atoms with Crippen LogP contribution in [-0.2, 0) is 10.0 Å². The number of nitrogens with zero attached hydrogens (tertiary/aromatic N) is 2. The summed E-state index contributed by atoms with van der Waals surface area (Å²) in [6, 6.07) is 6.35. The topological polar surface area (TPSA) is 66.6 Å². The van der Waals surface area contributed by atoms with E-state index >= 15 is 0 Å². The highest BCUT2D eigenvalue weighted by Crippen LogP contribution is 2.37. The summed E-state index contributed by atoms with van der Waals surface area (Å²) in [5, 5.41) is 0. The van der Waals surface area contributed by atoms with Crippen molar-refractivity contribution in [3.63, 3.8) is 0 Å². The molecule has 1 saturated carbocycles. The van der Waals surface area contributed by atoms with Crippen molar-refractivity contribution in [3.05, 3.63) is 24.3 Å². The largest absolute Gasteiger partial charge is 0.399 e. The molecule has 0 radical (unpaired) electrons. The summed E-state index contributed by atoms with van der Waals surface area (Å²) in [6.45, 7) is 0.521. The van der Waals surface area contributed by atoms with E-state index in [2.05, 4.69) is 4.90 Å². The normalized spacial score (nSPS) is 18.2. The van der Waals surface area contributed by atoms with Gasteiger partial charge in [-0.05, 0) is 57.6 Å². The van der Waals surface area contributed by atoms with Crippen LogP contribution in [0.25, 0.3) is 0 Å². The molecule has 20 heavy (non-hydrogen) atoms. The van der Waals surface area contributed by atoms with Crippen molar-refractivity contribution in [3.8, 4) is 0 Å². The molecule has 6 heteroatoms. The standard InChI is InChI=1S/C14H23N3O2S/c1-16(2)14(9-4-10-14)11-17(3)20(18,19)13-7-5-12(15)6-8-13/h5-8H,4,9-11,15H2,1-3H3. The molecule has 5 nitrogen and oxygen atoms in total. The van der Waals surface area contributed by atoms with E-state index < -0.39 is 10.0 Å². The number of anilines is 1. The van der Waals surface area contributed by atoms with Crippen LogP contribution < -0.4 is 5.73 Å². The van der Waals surface area contributed by atoms with Crippen molar-refractivity contribution in [2.24, 2.45) is 0 Å². The first-order valence-corrected chi connectivity index (χ1v) is 8.21. The maximum absolute atomic E-state index is 12.6. The van der Waals surface area contributed by atoms with Crippen molar-refractivity contribution >= 4 is 15.7 Å². The molecular weight excluding hydrogens is 274 g/mol. The molecule has 0 amide bonds. The molecule has 0 aliphatic heterocycles. The molecule has 0 bridgehead atoms. The molecule has 1 aliphatic carbocycles. The van der Waals surface area contributed by atoms with Crippen LogP contribution in [0.2, 0.25) is 0 Å². The van der Waals surface area contributed by atoms with Crippen molar-refractivity contribution in [2.45, 2.75) is 29.7 Å². The Morgan fingerprint density at radius 1 is 1.15 bits per heavy atom. The summed E-state index contributed by atoms with van der Waals surface area (Å²) in [6.07, 6.45) is 3.25. The van der Waals surface area contributed by atoms with Gasteiger partial charge in [0, 0.05) is 24.8 Å². The van der Waals surface area contributed by atoms with Crippen molar-refractivity contribution in [1.82, 2.24) is 9.21 Å². The van der Waals surface area contributed by atoms with E-state index in [1.807, 2.05) is 14.1 Å². The van der Waals surface area contributed by atoms with E-state index in [1.54, 1.807) is 31.3 Å². The molecule has 1 fully saturated rings. The van der Waals surface area contributed by atoms with Gasteiger partial charge in [0.25, 0.3) is 0 Å². The first-order chi connectivity index (χ1) is 9.28. The van der Waals surface area contributed by atoms with E-state index in [-0.39, 0.29) is 5.54 Å². The van der Waals surface area contributed by atoms with Crippen LogP contribution in [0.3, 0.4) is 0 Å². The second kappa shape index (κ2) is 5.35. The molecule has 0 heterocycles. The maximum Gasteiger partial charge on any atom is 0.242 e. The lowest BCUT2D eigenvalue weighted by Gasteiger charge is -2.48. The predicted molar refractivity (Wildman–Crippen MR) is 80.9 cm³/mol. The summed E-state index contributed by atoms with van der Waals surface area (Å²) in [4.78, 5) is 2.44. The molecule has 0 spiro atoms. The molecule has 2 N–H and O–H groups in total. The van der Waals surface area contributed by atoms with Gasteiger partial charge in [0.2, 0.25) is 10.0 Å². The lowest BCUT2D eigenvalue weighted by atomic mass is 9.75. The number of hydrogen-bond acceptors (Lipinski definition) is 4. The fourth-order valence-electron chi connectivity index (χ4n) is 2.65. The van der Waals surface area contributed by atoms with Crippen LogP contribution in [-0.4, -0.2) is 50.8 Å². The van der Waals surface area contributed by atoms with Crippen LogP contribution >= 0.6 is 0 Å². The minimum absolute atomic E-state index is 0.0182. The minimum atomic E-state index is -3.45. The third kappa shape index (κ3) is 2.68. The fourth-order valence-corrected chi connectivity index (χ4v) is 3.90. The quantitative estimate of drug-likeness (QED) is 0.834. The van der Waals surface area contributed by atoms with Crippen LogP contribution in [0.1, 0.15) is 19.3 Å². The van der Waals surface area contributed by atoms with E-state index in [1.165, 1.54) is 4.31 Å². The van der Waals surface area contributed by atoms with Gasteiger partial charge in [-0.25, -0.2) is 8.42 Å². The number of rotatable bonds is 5. The second-order valence-corrected chi connectivity index (χ2v) is 7.85. The highest BCUT2D eigenvalue weighted by atomic mass is 32.2. The Labute approximate surface area is 121 Å². The van der Waals surface area contributed by atoms with Crippen LogP contribution in [0, 0.1) is 0 Å².